The highest BCUT2D eigenvalue weighted by Crippen LogP contribution is 2.25. The van der Waals surface area contributed by atoms with Crippen LogP contribution < -0.4 is 0 Å². The Bertz CT molecular complexity index is 621. The molecule has 22 heavy (non-hydrogen) atoms. The Morgan fingerprint density at radius 3 is 2.45 bits per heavy atom. The topological polar surface area (TPSA) is 53.4 Å². The van der Waals surface area contributed by atoms with Crippen molar-refractivity contribution < 1.29 is 9.90 Å². The molecule has 0 unspecified atom stereocenters. The van der Waals surface area contributed by atoms with Crippen LogP contribution in [0.15, 0.2) is 30.5 Å². The minimum atomic E-state index is -0.916. The second-order valence-corrected chi connectivity index (χ2v) is 6.40. The molecule has 0 saturated carbocycles. The van der Waals surface area contributed by atoms with Crippen LogP contribution >= 0.6 is 23.7 Å². The maximum atomic E-state index is 10.9. The molecule has 0 bridgehead atoms. The van der Waals surface area contributed by atoms with Gasteiger partial charge in [-0.25, -0.2) is 9.78 Å². The third-order valence-corrected chi connectivity index (χ3v) is 4.81. The largest absolute Gasteiger partial charge is 0.477 e. The molecule has 0 aliphatic carbocycles. The average Bonchev–Trinajstić information content (AvgIpc) is 2.99. The Morgan fingerprint density at radius 2 is 1.86 bits per heavy atom. The summed E-state index contributed by atoms with van der Waals surface area (Å²) < 4.78 is 0. The first-order chi connectivity index (χ1) is 10.2. The number of carbonyl (C=O) groups is 1. The van der Waals surface area contributed by atoms with Gasteiger partial charge in [0.25, 0.3) is 0 Å². The highest BCUT2D eigenvalue weighted by atomic mass is 35.5. The molecule has 1 saturated heterocycles. The van der Waals surface area contributed by atoms with Crippen molar-refractivity contribution in [2.24, 2.45) is 0 Å². The number of thiazole rings is 1. The van der Waals surface area contributed by atoms with E-state index in [1.54, 1.807) is 0 Å². The summed E-state index contributed by atoms with van der Waals surface area (Å²) in [6, 6.07) is 8.30. The van der Waals surface area contributed by atoms with Gasteiger partial charge in [-0.2, -0.15) is 0 Å². The van der Waals surface area contributed by atoms with Crippen LogP contribution in [0.3, 0.4) is 0 Å². The molecule has 1 aliphatic heterocycles. The second kappa shape index (κ2) is 7.72. The predicted octanol–water partition coefficient (Wildman–Crippen LogP) is 3.92. The molecule has 2 aromatic rings. The van der Waals surface area contributed by atoms with Gasteiger partial charge in [-0.1, -0.05) is 30.7 Å². The predicted molar refractivity (Wildman–Crippen MR) is 90.9 cm³/mol. The normalized spacial score (nSPS) is 15.3. The third kappa shape index (κ3) is 4.06. The molecule has 0 atom stereocenters. The van der Waals surface area contributed by atoms with Crippen LogP contribution in [0.1, 0.15) is 34.5 Å². The minimum absolute atomic E-state index is 0. The van der Waals surface area contributed by atoms with Crippen LogP contribution in [0.5, 0.6) is 0 Å². The van der Waals surface area contributed by atoms with Gasteiger partial charge in [0.05, 0.1) is 6.20 Å². The molecule has 1 N–H and O–H groups in total. The second-order valence-electron chi connectivity index (χ2n) is 5.37. The fourth-order valence-electron chi connectivity index (χ4n) is 2.63. The van der Waals surface area contributed by atoms with Crippen molar-refractivity contribution >= 4 is 29.7 Å². The lowest BCUT2D eigenvalue weighted by Crippen LogP contribution is -2.28. The van der Waals surface area contributed by atoms with Crippen LogP contribution in [-0.4, -0.2) is 34.0 Å². The first-order valence-electron chi connectivity index (χ1n) is 7.23. The number of benzene rings is 1. The first kappa shape index (κ1) is 16.9. The van der Waals surface area contributed by atoms with Crippen molar-refractivity contribution in [2.45, 2.75) is 25.8 Å². The summed E-state index contributed by atoms with van der Waals surface area (Å²) in [5, 5.41) is 9.70. The summed E-state index contributed by atoms with van der Waals surface area (Å²) in [4.78, 5) is 17.8. The van der Waals surface area contributed by atoms with Crippen molar-refractivity contribution in [2.75, 3.05) is 13.1 Å². The quantitative estimate of drug-likeness (QED) is 0.918. The summed E-state index contributed by atoms with van der Waals surface area (Å²) in [5.41, 5.74) is 2.28. The molecule has 0 amide bonds. The summed E-state index contributed by atoms with van der Waals surface area (Å²) in [7, 11) is 0. The van der Waals surface area contributed by atoms with Crippen molar-refractivity contribution in [3.8, 4) is 10.6 Å². The number of carboxylic acid groups (broad SMARTS) is 1. The molecule has 0 spiro atoms. The van der Waals surface area contributed by atoms with Crippen LogP contribution in [0.2, 0.25) is 0 Å². The fourth-order valence-corrected chi connectivity index (χ4v) is 3.40. The Balaban J connectivity index is 0.00000176. The zero-order chi connectivity index (χ0) is 14.7. The molecule has 118 valence electrons. The van der Waals surface area contributed by atoms with Crippen molar-refractivity contribution in [3.05, 3.63) is 40.9 Å². The Morgan fingerprint density at radius 1 is 1.18 bits per heavy atom. The van der Waals surface area contributed by atoms with Crippen molar-refractivity contribution in [1.82, 2.24) is 9.88 Å². The number of aromatic carboxylic acids is 1. The lowest BCUT2D eigenvalue weighted by atomic mass is 10.1. The van der Waals surface area contributed by atoms with Crippen LogP contribution in [-0.2, 0) is 6.54 Å². The SMILES string of the molecule is Cl.O=C(O)c1cnc(-c2ccc(CN3CCCCC3)cc2)s1. The lowest BCUT2D eigenvalue weighted by Gasteiger charge is -2.26. The molecule has 0 radical (unpaired) electrons. The molecule has 1 aromatic heterocycles. The maximum absolute atomic E-state index is 10.9. The van der Waals surface area contributed by atoms with Gasteiger partial charge < -0.3 is 5.11 Å². The molecule has 1 aliphatic rings. The van der Waals surface area contributed by atoms with E-state index in [1.165, 1.54) is 55.4 Å². The number of aromatic nitrogens is 1. The highest BCUT2D eigenvalue weighted by molar-refractivity contribution is 7.16. The zero-order valence-corrected chi connectivity index (χ0v) is 13.8. The molecule has 3 rings (SSSR count). The van der Waals surface area contributed by atoms with E-state index in [0.29, 0.717) is 0 Å². The molecule has 2 heterocycles. The number of hydrogen-bond donors (Lipinski definition) is 1. The van der Waals surface area contributed by atoms with E-state index < -0.39 is 5.97 Å². The zero-order valence-electron chi connectivity index (χ0n) is 12.2. The van der Waals surface area contributed by atoms with E-state index in [4.69, 9.17) is 5.11 Å². The smallest absolute Gasteiger partial charge is 0.347 e. The number of carboxylic acids is 1. The Labute approximate surface area is 140 Å². The van der Waals surface area contributed by atoms with Gasteiger partial charge in [0.15, 0.2) is 0 Å². The molecule has 4 nitrogen and oxygen atoms in total. The summed E-state index contributed by atoms with van der Waals surface area (Å²) in [6.07, 6.45) is 5.37. The van der Waals surface area contributed by atoms with E-state index >= 15 is 0 Å². The third-order valence-electron chi connectivity index (χ3n) is 3.77. The van der Waals surface area contributed by atoms with Gasteiger partial charge in [-0.3, -0.25) is 4.90 Å². The minimum Gasteiger partial charge on any atom is -0.477 e. The summed E-state index contributed by atoms with van der Waals surface area (Å²) in [5.74, 6) is -0.916. The maximum Gasteiger partial charge on any atom is 0.347 e. The molecular weight excluding hydrogens is 320 g/mol. The monoisotopic (exact) mass is 338 g/mol. The molecule has 1 fully saturated rings. The number of likely N-dealkylation sites (tertiary alicyclic amines) is 1. The number of rotatable bonds is 4. The fraction of sp³-hybridized carbons (Fsp3) is 0.375. The molecule has 6 heteroatoms. The van der Waals surface area contributed by atoms with Crippen molar-refractivity contribution in [3.63, 3.8) is 0 Å². The van der Waals surface area contributed by atoms with Gasteiger partial charge in [0.1, 0.15) is 9.88 Å². The number of piperidine rings is 1. The van der Waals surface area contributed by atoms with Crippen molar-refractivity contribution in [1.29, 1.82) is 0 Å². The molecular formula is C16H19ClN2O2S. The molecule has 1 aromatic carbocycles. The number of nitrogens with zero attached hydrogens (tertiary/aromatic N) is 2. The van der Waals surface area contributed by atoms with E-state index in [-0.39, 0.29) is 17.3 Å². The van der Waals surface area contributed by atoms with Gasteiger partial charge in [-0.05, 0) is 31.5 Å². The summed E-state index contributed by atoms with van der Waals surface area (Å²) in [6.45, 7) is 3.38. The van der Waals surface area contributed by atoms with Crippen LogP contribution in [0, 0.1) is 0 Å². The number of halogens is 1. The highest BCUT2D eigenvalue weighted by Gasteiger charge is 2.12. The number of hydrogen-bond acceptors (Lipinski definition) is 4. The van der Waals surface area contributed by atoms with Gasteiger partial charge in [-0.15, -0.1) is 23.7 Å². The van der Waals surface area contributed by atoms with E-state index in [1.807, 2.05) is 12.1 Å². The summed E-state index contributed by atoms with van der Waals surface area (Å²) >= 11 is 1.21. The van der Waals surface area contributed by atoms with Gasteiger partial charge >= 0.3 is 5.97 Å². The van der Waals surface area contributed by atoms with E-state index in [9.17, 15) is 4.79 Å². The standard InChI is InChI=1S/C16H18N2O2S.ClH/c19-16(20)14-10-17-15(21-14)13-6-4-12(5-7-13)11-18-8-2-1-3-9-18;/h4-7,10H,1-3,8-9,11H2,(H,19,20);1H. The van der Waals surface area contributed by atoms with Crippen LogP contribution in [0.25, 0.3) is 10.6 Å². The average molecular weight is 339 g/mol. The van der Waals surface area contributed by atoms with E-state index in [2.05, 4.69) is 22.0 Å². The van der Waals surface area contributed by atoms with E-state index in [0.717, 1.165) is 17.1 Å². The van der Waals surface area contributed by atoms with Gasteiger partial charge in [0, 0.05) is 12.1 Å². The Kier molecular flexibility index (Phi) is 5.94. The Hall–Kier alpha value is -1.43. The van der Waals surface area contributed by atoms with Gasteiger partial charge in [0.2, 0.25) is 0 Å². The lowest BCUT2D eigenvalue weighted by molar-refractivity contribution is 0.0702. The first-order valence-corrected chi connectivity index (χ1v) is 8.05. The van der Waals surface area contributed by atoms with Crippen LogP contribution in [0.4, 0.5) is 0 Å².